The van der Waals surface area contributed by atoms with Gasteiger partial charge in [0.25, 0.3) is 0 Å². The van der Waals surface area contributed by atoms with Crippen LogP contribution in [0.25, 0.3) is 0 Å². The number of anilines is 1. The predicted octanol–water partition coefficient (Wildman–Crippen LogP) is 1.70. The number of rotatable bonds is 7. The highest BCUT2D eigenvalue weighted by Crippen LogP contribution is 2.14. The largest absolute Gasteiger partial charge is 0.497 e. The molecule has 0 aliphatic heterocycles. The third kappa shape index (κ3) is 4.84. The maximum atomic E-state index is 12.0. The number of methoxy groups -OCH3 is 1. The molecule has 0 bridgehead atoms. The van der Waals surface area contributed by atoms with Gasteiger partial charge in [-0.1, -0.05) is 17.3 Å². The second kappa shape index (κ2) is 8.14. The van der Waals surface area contributed by atoms with Crippen molar-refractivity contribution < 1.29 is 18.8 Å². The van der Waals surface area contributed by atoms with E-state index in [4.69, 9.17) is 9.26 Å². The summed E-state index contributed by atoms with van der Waals surface area (Å²) in [6.45, 7) is 3.87. The van der Waals surface area contributed by atoms with E-state index in [0.717, 1.165) is 11.3 Å². The first-order valence-electron chi connectivity index (χ1n) is 7.60. The van der Waals surface area contributed by atoms with E-state index in [1.807, 2.05) is 24.3 Å². The van der Waals surface area contributed by atoms with E-state index >= 15 is 0 Å². The van der Waals surface area contributed by atoms with Crippen LogP contribution in [0, 0.1) is 6.92 Å². The number of hydrogen-bond acceptors (Lipinski definition) is 5. The molecule has 2 aromatic rings. The van der Waals surface area contributed by atoms with Crippen LogP contribution in [0.15, 0.2) is 34.9 Å². The Morgan fingerprint density at radius 1 is 1.29 bits per heavy atom. The van der Waals surface area contributed by atoms with Crippen molar-refractivity contribution >= 4 is 17.6 Å². The lowest BCUT2D eigenvalue weighted by molar-refractivity contribution is -0.121. The van der Waals surface area contributed by atoms with Gasteiger partial charge in [-0.25, -0.2) is 0 Å². The van der Waals surface area contributed by atoms with Crippen molar-refractivity contribution in [2.45, 2.75) is 20.3 Å². The summed E-state index contributed by atoms with van der Waals surface area (Å²) in [5.41, 5.74) is 0.892. The highest BCUT2D eigenvalue weighted by molar-refractivity contribution is 5.90. The minimum atomic E-state index is -0.160. The average molecular weight is 331 g/mol. The Bertz CT molecular complexity index is 694. The standard InChI is InChI=1S/C17H21N3O4/c1-12-10-16(19-24-12)20(13(2)21)9-8-18-17(22)11-14-4-6-15(23-3)7-5-14/h4-7,10H,8-9,11H2,1-3H3,(H,18,22). The first kappa shape index (κ1) is 17.5. The van der Waals surface area contributed by atoms with Crippen LogP contribution in [0.5, 0.6) is 5.75 Å². The van der Waals surface area contributed by atoms with Gasteiger partial charge in [0.2, 0.25) is 11.8 Å². The van der Waals surface area contributed by atoms with Gasteiger partial charge in [0.1, 0.15) is 11.5 Å². The van der Waals surface area contributed by atoms with Crippen molar-refractivity contribution in [3.05, 3.63) is 41.7 Å². The van der Waals surface area contributed by atoms with Crippen molar-refractivity contribution in [1.29, 1.82) is 0 Å². The third-order valence-corrected chi connectivity index (χ3v) is 3.45. The Hall–Kier alpha value is -2.83. The van der Waals surface area contributed by atoms with E-state index in [1.165, 1.54) is 11.8 Å². The van der Waals surface area contributed by atoms with Gasteiger partial charge in [0.15, 0.2) is 5.82 Å². The Balaban J connectivity index is 1.83. The van der Waals surface area contributed by atoms with Crippen molar-refractivity contribution in [3.63, 3.8) is 0 Å². The van der Waals surface area contributed by atoms with Crippen molar-refractivity contribution in [2.24, 2.45) is 0 Å². The zero-order chi connectivity index (χ0) is 17.5. The van der Waals surface area contributed by atoms with Crippen LogP contribution in [0.4, 0.5) is 5.82 Å². The van der Waals surface area contributed by atoms with E-state index < -0.39 is 0 Å². The zero-order valence-electron chi connectivity index (χ0n) is 14.0. The van der Waals surface area contributed by atoms with Crippen molar-refractivity contribution in [1.82, 2.24) is 10.5 Å². The SMILES string of the molecule is COc1ccc(CC(=O)NCCN(C(C)=O)c2cc(C)on2)cc1. The number of carbonyl (C=O) groups is 2. The number of aryl methyl sites for hydroxylation is 1. The number of benzene rings is 1. The first-order chi connectivity index (χ1) is 11.5. The molecule has 1 aromatic heterocycles. The summed E-state index contributed by atoms with van der Waals surface area (Å²) in [7, 11) is 1.60. The molecule has 0 unspecified atom stereocenters. The second-order valence-corrected chi connectivity index (χ2v) is 5.34. The molecule has 1 N–H and O–H groups in total. The highest BCUT2D eigenvalue weighted by atomic mass is 16.5. The number of carbonyl (C=O) groups excluding carboxylic acids is 2. The van der Waals surface area contributed by atoms with Crippen LogP contribution in [-0.2, 0) is 16.0 Å². The molecular weight excluding hydrogens is 310 g/mol. The van der Waals surface area contributed by atoms with Crippen LogP contribution < -0.4 is 15.0 Å². The summed E-state index contributed by atoms with van der Waals surface area (Å²) >= 11 is 0. The maximum absolute atomic E-state index is 12.0. The van der Waals surface area contributed by atoms with Crippen molar-refractivity contribution in [2.75, 3.05) is 25.1 Å². The van der Waals surface area contributed by atoms with Gasteiger partial charge >= 0.3 is 0 Å². The summed E-state index contributed by atoms with van der Waals surface area (Å²) in [4.78, 5) is 25.1. The molecule has 24 heavy (non-hydrogen) atoms. The molecule has 0 atom stereocenters. The van der Waals surface area contributed by atoms with Crippen LogP contribution in [0.2, 0.25) is 0 Å². The predicted molar refractivity (Wildman–Crippen MR) is 89.0 cm³/mol. The molecule has 0 radical (unpaired) electrons. The van der Waals surface area contributed by atoms with Gasteiger partial charge in [-0.2, -0.15) is 0 Å². The molecule has 128 valence electrons. The average Bonchev–Trinajstić information content (AvgIpc) is 2.98. The van der Waals surface area contributed by atoms with Crippen LogP contribution in [-0.4, -0.2) is 37.2 Å². The number of ether oxygens (including phenoxy) is 1. The quantitative estimate of drug-likeness (QED) is 0.835. The summed E-state index contributed by atoms with van der Waals surface area (Å²) in [5.74, 6) is 1.55. The van der Waals surface area contributed by atoms with Crippen LogP contribution in [0.3, 0.4) is 0 Å². The maximum Gasteiger partial charge on any atom is 0.225 e. The van der Waals surface area contributed by atoms with E-state index in [0.29, 0.717) is 24.7 Å². The Morgan fingerprint density at radius 2 is 2.00 bits per heavy atom. The molecule has 1 heterocycles. The van der Waals surface area contributed by atoms with Gasteiger partial charge in [-0.05, 0) is 24.6 Å². The molecule has 0 saturated carbocycles. The number of hydrogen-bond donors (Lipinski definition) is 1. The smallest absolute Gasteiger partial charge is 0.225 e. The number of amides is 2. The molecule has 0 spiro atoms. The van der Waals surface area contributed by atoms with Crippen LogP contribution in [0.1, 0.15) is 18.2 Å². The van der Waals surface area contributed by atoms with E-state index in [9.17, 15) is 9.59 Å². The molecular formula is C17H21N3O4. The van der Waals surface area contributed by atoms with Gasteiger partial charge in [0, 0.05) is 26.1 Å². The second-order valence-electron chi connectivity index (χ2n) is 5.34. The summed E-state index contributed by atoms with van der Waals surface area (Å²) in [6, 6.07) is 9.00. The highest BCUT2D eigenvalue weighted by Gasteiger charge is 2.15. The van der Waals surface area contributed by atoms with Gasteiger partial charge in [-0.3, -0.25) is 14.5 Å². The molecule has 2 amide bonds. The lowest BCUT2D eigenvalue weighted by Gasteiger charge is -2.17. The van der Waals surface area contributed by atoms with E-state index in [2.05, 4.69) is 10.5 Å². The fraction of sp³-hybridized carbons (Fsp3) is 0.353. The molecule has 0 fully saturated rings. The fourth-order valence-corrected chi connectivity index (χ4v) is 2.21. The normalized spacial score (nSPS) is 10.3. The molecule has 7 heteroatoms. The van der Waals surface area contributed by atoms with Crippen LogP contribution >= 0.6 is 0 Å². The minimum absolute atomic E-state index is 0.111. The molecule has 7 nitrogen and oxygen atoms in total. The monoisotopic (exact) mass is 331 g/mol. The first-order valence-corrected chi connectivity index (χ1v) is 7.60. The van der Waals surface area contributed by atoms with Gasteiger partial charge in [-0.15, -0.1) is 0 Å². The lowest BCUT2D eigenvalue weighted by Crippen LogP contribution is -2.38. The fourth-order valence-electron chi connectivity index (χ4n) is 2.21. The number of nitrogens with one attached hydrogen (secondary N) is 1. The van der Waals surface area contributed by atoms with Gasteiger partial charge in [0.05, 0.1) is 13.5 Å². The molecule has 2 rings (SSSR count). The minimum Gasteiger partial charge on any atom is -0.497 e. The summed E-state index contributed by atoms with van der Waals surface area (Å²) < 4.78 is 10.1. The molecule has 0 saturated heterocycles. The Labute approximate surface area is 140 Å². The topological polar surface area (TPSA) is 84.7 Å². The molecule has 0 aliphatic rings. The van der Waals surface area contributed by atoms with E-state index in [1.54, 1.807) is 20.1 Å². The zero-order valence-corrected chi connectivity index (χ0v) is 14.0. The number of aromatic nitrogens is 1. The van der Waals surface area contributed by atoms with Gasteiger partial charge < -0.3 is 14.6 Å². The molecule has 0 aliphatic carbocycles. The van der Waals surface area contributed by atoms with E-state index in [-0.39, 0.29) is 18.2 Å². The molecule has 1 aromatic carbocycles. The Kier molecular flexibility index (Phi) is 5.95. The van der Waals surface area contributed by atoms with Crippen molar-refractivity contribution in [3.8, 4) is 5.75 Å². The Morgan fingerprint density at radius 3 is 2.54 bits per heavy atom. The lowest BCUT2D eigenvalue weighted by atomic mass is 10.1. The number of nitrogens with zero attached hydrogens (tertiary/aromatic N) is 2. The summed E-state index contributed by atoms with van der Waals surface area (Å²) in [6.07, 6.45) is 0.271. The summed E-state index contributed by atoms with van der Waals surface area (Å²) in [5, 5.41) is 6.62. The third-order valence-electron chi connectivity index (χ3n) is 3.45.